The zero-order valence-electron chi connectivity index (χ0n) is 18.4. The van der Waals surface area contributed by atoms with Gasteiger partial charge in [0.1, 0.15) is 0 Å². The average Bonchev–Trinajstić information content (AvgIpc) is 2.75. The van der Waals surface area contributed by atoms with Gasteiger partial charge in [0.2, 0.25) is 0 Å². The van der Waals surface area contributed by atoms with Gasteiger partial charge in [-0.1, -0.05) is 46.0 Å². The van der Waals surface area contributed by atoms with Gasteiger partial charge in [-0.3, -0.25) is 0 Å². The summed E-state index contributed by atoms with van der Waals surface area (Å²) in [6.07, 6.45) is 15.4. The number of unbranched alkanes of at least 4 members (excludes halogenated alkanes) is 2. The smallest absolute Gasteiger partial charge is 0.160 e. The molecule has 4 nitrogen and oxygen atoms in total. The Balaban J connectivity index is 1.25. The van der Waals surface area contributed by atoms with Crippen LogP contribution in [0.2, 0.25) is 0 Å². The summed E-state index contributed by atoms with van der Waals surface area (Å²) in [5.74, 6) is 2.64. The molecular weight excluding hydrogens is 352 g/mol. The normalized spacial score (nSPS) is 37.1. The maximum atomic E-state index is 6.15. The Morgan fingerprint density at radius 3 is 1.86 bits per heavy atom. The molecule has 0 N–H and O–H groups in total. The van der Waals surface area contributed by atoms with Crippen LogP contribution in [-0.4, -0.2) is 39.0 Å². The van der Waals surface area contributed by atoms with Crippen molar-refractivity contribution in [2.24, 2.45) is 23.7 Å². The lowest BCUT2D eigenvalue weighted by atomic mass is 9.79. The third-order valence-corrected chi connectivity index (χ3v) is 7.03. The highest BCUT2D eigenvalue weighted by molar-refractivity contribution is 4.77. The minimum atomic E-state index is -0.0196. The van der Waals surface area contributed by atoms with Crippen LogP contribution >= 0.6 is 0 Å². The Morgan fingerprint density at radius 1 is 0.571 bits per heavy atom. The van der Waals surface area contributed by atoms with Crippen molar-refractivity contribution in [1.29, 1.82) is 0 Å². The summed E-state index contributed by atoms with van der Waals surface area (Å²) in [5, 5.41) is 0. The summed E-state index contributed by atoms with van der Waals surface area (Å²) >= 11 is 0. The molecule has 0 spiro atoms. The van der Waals surface area contributed by atoms with Crippen molar-refractivity contribution < 1.29 is 18.9 Å². The first-order valence-corrected chi connectivity index (χ1v) is 12.2. The highest BCUT2D eigenvalue weighted by atomic mass is 16.7. The third-order valence-electron chi connectivity index (χ3n) is 7.03. The fourth-order valence-electron chi connectivity index (χ4n) is 5.13. The van der Waals surface area contributed by atoms with Crippen molar-refractivity contribution in [2.75, 3.05) is 26.4 Å². The highest BCUT2D eigenvalue weighted by Crippen LogP contribution is 2.36. The molecule has 3 aliphatic rings. The van der Waals surface area contributed by atoms with E-state index < -0.39 is 0 Å². The second-order valence-electron chi connectivity index (χ2n) is 9.51. The van der Waals surface area contributed by atoms with E-state index >= 15 is 0 Å². The quantitative estimate of drug-likeness (QED) is 0.429. The third kappa shape index (κ3) is 7.27. The average molecular weight is 397 g/mol. The molecule has 0 aromatic heterocycles. The first kappa shape index (κ1) is 22.5. The topological polar surface area (TPSA) is 36.9 Å². The second kappa shape index (κ2) is 12.5. The van der Waals surface area contributed by atoms with E-state index in [0.29, 0.717) is 17.8 Å². The van der Waals surface area contributed by atoms with Crippen LogP contribution in [-0.2, 0) is 18.9 Å². The van der Waals surface area contributed by atoms with Crippen molar-refractivity contribution in [3.63, 3.8) is 0 Å². The van der Waals surface area contributed by atoms with Gasteiger partial charge in [-0.2, -0.15) is 0 Å². The Bertz CT molecular complexity index is 391. The second-order valence-corrected chi connectivity index (χ2v) is 9.51. The molecule has 1 aliphatic carbocycles. The number of hydrogen-bond acceptors (Lipinski definition) is 4. The molecule has 0 aromatic rings. The summed E-state index contributed by atoms with van der Waals surface area (Å²) in [6, 6.07) is 0. The predicted molar refractivity (Wildman–Crippen MR) is 112 cm³/mol. The standard InChI is InChI=1S/C24H44O4/c1-3-5-6-8-19-9-12-22(13-10-19)24-27-17-21(18-28-24)11-14-23-25-15-20(7-4-2)16-26-23/h19-24H,3-18H2,1-2H3/t19?,20-,21-,22?,23-,24-. The zero-order chi connectivity index (χ0) is 19.6. The van der Waals surface area contributed by atoms with E-state index in [4.69, 9.17) is 18.9 Å². The van der Waals surface area contributed by atoms with Gasteiger partial charge in [-0.15, -0.1) is 0 Å². The van der Waals surface area contributed by atoms with Crippen LogP contribution in [0.4, 0.5) is 0 Å². The van der Waals surface area contributed by atoms with Crippen LogP contribution in [0, 0.1) is 23.7 Å². The summed E-state index contributed by atoms with van der Waals surface area (Å²) in [7, 11) is 0. The molecule has 3 rings (SSSR count). The molecule has 0 radical (unpaired) electrons. The molecule has 164 valence electrons. The molecule has 4 heteroatoms. The van der Waals surface area contributed by atoms with Crippen LogP contribution in [0.15, 0.2) is 0 Å². The molecule has 0 bridgehead atoms. The lowest BCUT2D eigenvalue weighted by molar-refractivity contribution is -0.236. The minimum absolute atomic E-state index is 0.0196. The number of ether oxygens (including phenoxy) is 4. The Morgan fingerprint density at radius 2 is 1.21 bits per heavy atom. The number of rotatable bonds is 10. The molecule has 1 saturated carbocycles. The van der Waals surface area contributed by atoms with E-state index in [1.165, 1.54) is 64.2 Å². The van der Waals surface area contributed by atoms with E-state index in [9.17, 15) is 0 Å². The maximum absolute atomic E-state index is 6.15. The largest absolute Gasteiger partial charge is 0.352 e. The Labute approximate surface area is 173 Å². The molecule has 0 aromatic carbocycles. The molecule has 2 heterocycles. The van der Waals surface area contributed by atoms with Gasteiger partial charge in [-0.05, 0) is 50.9 Å². The monoisotopic (exact) mass is 396 g/mol. The van der Waals surface area contributed by atoms with Crippen molar-refractivity contribution >= 4 is 0 Å². The van der Waals surface area contributed by atoms with E-state index in [1.54, 1.807) is 0 Å². The van der Waals surface area contributed by atoms with Gasteiger partial charge in [0, 0.05) is 17.8 Å². The summed E-state index contributed by atoms with van der Waals surface area (Å²) in [6.45, 7) is 7.92. The summed E-state index contributed by atoms with van der Waals surface area (Å²) < 4.78 is 24.1. The fourth-order valence-corrected chi connectivity index (χ4v) is 5.13. The van der Waals surface area contributed by atoms with Crippen molar-refractivity contribution in [2.45, 2.75) is 103 Å². The molecular formula is C24H44O4. The summed E-state index contributed by atoms with van der Waals surface area (Å²) in [5.41, 5.74) is 0. The van der Waals surface area contributed by atoms with Crippen LogP contribution < -0.4 is 0 Å². The molecule has 0 amide bonds. The first-order chi connectivity index (χ1) is 13.8. The van der Waals surface area contributed by atoms with Crippen molar-refractivity contribution in [1.82, 2.24) is 0 Å². The van der Waals surface area contributed by atoms with Crippen LogP contribution in [0.5, 0.6) is 0 Å². The van der Waals surface area contributed by atoms with E-state index in [0.717, 1.165) is 45.2 Å². The number of hydrogen-bond donors (Lipinski definition) is 0. The van der Waals surface area contributed by atoms with Crippen LogP contribution in [0.3, 0.4) is 0 Å². The van der Waals surface area contributed by atoms with Crippen molar-refractivity contribution in [3.8, 4) is 0 Å². The SMILES string of the molecule is CCCCCC1CCC([C@H]2OC[C@H](CC[C@H]3OC[C@H](CCC)CO3)CO2)CC1. The highest BCUT2D eigenvalue weighted by Gasteiger charge is 2.33. The van der Waals surface area contributed by atoms with E-state index in [2.05, 4.69) is 13.8 Å². The van der Waals surface area contributed by atoms with E-state index in [1.807, 2.05) is 0 Å². The predicted octanol–water partition coefficient (Wildman–Crippen LogP) is 5.93. The summed E-state index contributed by atoms with van der Waals surface area (Å²) in [4.78, 5) is 0. The molecule has 3 fully saturated rings. The maximum Gasteiger partial charge on any atom is 0.160 e. The van der Waals surface area contributed by atoms with Gasteiger partial charge in [-0.25, -0.2) is 0 Å². The van der Waals surface area contributed by atoms with Gasteiger partial charge < -0.3 is 18.9 Å². The fraction of sp³-hybridized carbons (Fsp3) is 1.00. The molecule has 2 saturated heterocycles. The molecule has 0 unspecified atom stereocenters. The molecule has 28 heavy (non-hydrogen) atoms. The lowest BCUT2D eigenvalue weighted by Crippen LogP contribution is -2.39. The van der Waals surface area contributed by atoms with Gasteiger partial charge >= 0.3 is 0 Å². The van der Waals surface area contributed by atoms with Crippen molar-refractivity contribution in [3.05, 3.63) is 0 Å². The van der Waals surface area contributed by atoms with Gasteiger partial charge in [0.15, 0.2) is 12.6 Å². The van der Waals surface area contributed by atoms with E-state index in [-0.39, 0.29) is 12.6 Å². The van der Waals surface area contributed by atoms with Crippen LogP contribution in [0.1, 0.15) is 90.9 Å². The first-order valence-electron chi connectivity index (χ1n) is 12.2. The van der Waals surface area contributed by atoms with Gasteiger partial charge in [0.05, 0.1) is 26.4 Å². The van der Waals surface area contributed by atoms with Crippen LogP contribution in [0.25, 0.3) is 0 Å². The molecule has 2 aliphatic heterocycles. The van der Waals surface area contributed by atoms with Gasteiger partial charge in [0.25, 0.3) is 0 Å². The minimum Gasteiger partial charge on any atom is -0.352 e. The zero-order valence-corrected chi connectivity index (χ0v) is 18.4. The molecule has 0 atom stereocenters. The Hall–Kier alpha value is -0.160. The lowest BCUT2D eigenvalue weighted by Gasteiger charge is -2.38. The Kier molecular flexibility index (Phi) is 10.1.